The molecule has 188 valence electrons. The monoisotopic (exact) mass is 513 g/mol. The van der Waals surface area contributed by atoms with Gasteiger partial charge in [0.25, 0.3) is 11.6 Å². The number of carbonyl (C=O) groups is 1. The van der Waals surface area contributed by atoms with E-state index in [1.54, 1.807) is 25.1 Å². The quantitative estimate of drug-likeness (QED) is 0.186. The lowest BCUT2D eigenvalue weighted by molar-refractivity contribution is -0.384. The number of nitro groups is 1. The maximum absolute atomic E-state index is 12.6. The van der Waals surface area contributed by atoms with Crippen molar-refractivity contribution in [2.45, 2.75) is 18.7 Å². The molecular weight excluding hydrogens is 490 g/mol. The second-order valence-corrected chi connectivity index (χ2v) is 8.88. The summed E-state index contributed by atoms with van der Waals surface area (Å²) in [6.07, 6.45) is 1.36. The van der Waals surface area contributed by atoms with Gasteiger partial charge in [0.2, 0.25) is 0 Å². The third kappa shape index (κ3) is 6.36. The van der Waals surface area contributed by atoms with E-state index in [-0.39, 0.29) is 28.7 Å². The number of nitrogens with zero attached hydrogens (tertiary/aromatic N) is 2. The van der Waals surface area contributed by atoms with Crippen LogP contribution >= 0.6 is 0 Å². The smallest absolute Gasteiger partial charge is 0.339 e. The van der Waals surface area contributed by atoms with Gasteiger partial charge in [0.1, 0.15) is 10.6 Å². The number of nitrogens with one attached hydrogen (secondary N) is 1. The fourth-order valence-corrected chi connectivity index (χ4v) is 3.99. The molecule has 0 fully saturated rings. The molecule has 0 saturated heterocycles. The predicted octanol–water partition coefficient (Wildman–Crippen LogP) is 3.84. The van der Waals surface area contributed by atoms with Crippen molar-refractivity contribution in [3.8, 4) is 17.2 Å². The first-order valence-electron chi connectivity index (χ1n) is 10.6. The first kappa shape index (κ1) is 26.2. The Labute approximate surface area is 207 Å². The minimum atomic E-state index is -4.28. The molecule has 0 heterocycles. The highest BCUT2D eigenvalue weighted by molar-refractivity contribution is 7.87. The topological polar surface area (TPSA) is 146 Å². The average Bonchev–Trinajstić information content (AvgIpc) is 2.85. The summed E-state index contributed by atoms with van der Waals surface area (Å²) in [5.41, 5.74) is 3.91. The molecule has 0 unspecified atom stereocenters. The number of non-ortho nitro benzene ring substituents is 1. The van der Waals surface area contributed by atoms with Crippen LogP contribution in [0.15, 0.2) is 70.7 Å². The largest absolute Gasteiger partial charge is 0.496 e. The molecule has 0 aliphatic heterocycles. The fourth-order valence-electron chi connectivity index (χ4n) is 3.05. The highest BCUT2D eigenvalue weighted by Crippen LogP contribution is 2.31. The van der Waals surface area contributed by atoms with Gasteiger partial charge in [0, 0.05) is 12.1 Å². The van der Waals surface area contributed by atoms with Crippen LogP contribution in [0.4, 0.5) is 5.69 Å². The molecule has 0 aliphatic rings. The Hall–Kier alpha value is -4.45. The Morgan fingerprint density at radius 3 is 2.42 bits per heavy atom. The van der Waals surface area contributed by atoms with Crippen molar-refractivity contribution in [3.05, 3.63) is 87.5 Å². The molecule has 0 spiro atoms. The van der Waals surface area contributed by atoms with E-state index in [1.165, 1.54) is 31.5 Å². The molecule has 0 bridgehead atoms. The molecule has 0 aliphatic carbocycles. The fraction of sp³-hybridized carbons (Fsp3) is 0.167. The van der Waals surface area contributed by atoms with Gasteiger partial charge >= 0.3 is 10.1 Å². The first-order chi connectivity index (χ1) is 17.1. The second kappa shape index (κ2) is 11.3. The molecular formula is C24H23N3O8S. The van der Waals surface area contributed by atoms with Crippen LogP contribution < -0.4 is 19.1 Å². The zero-order valence-corrected chi connectivity index (χ0v) is 20.4. The van der Waals surface area contributed by atoms with Gasteiger partial charge in [0.15, 0.2) is 11.5 Å². The lowest BCUT2D eigenvalue weighted by Gasteiger charge is -2.12. The van der Waals surface area contributed by atoms with E-state index < -0.39 is 20.9 Å². The van der Waals surface area contributed by atoms with E-state index in [1.807, 2.05) is 6.92 Å². The van der Waals surface area contributed by atoms with Crippen molar-refractivity contribution >= 4 is 27.9 Å². The number of carbonyl (C=O) groups excluding carboxylic acids is 1. The molecule has 0 aromatic heterocycles. The molecule has 1 N–H and O–H groups in total. The molecule has 1 amide bonds. The molecule has 3 aromatic carbocycles. The lowest BCUT2D eigenvalue weighted by atomic mass is 10.1. The van der Waals surface area contributed by atoms with Gasteiger partial charge in [-0.05, 0) is 67.4 Å². The molecule has 36 heavy (non-hydrogen) atoms. The molecule has 3 aromatic rings. The van der Waals surface area contributed by atoms with Crippen molar-refractivity contribution < 1.29 is 31.8 Å². The van der Waals surface area contributed by atoms with Crippen LogP contribution in [-0.4, -0.2) is 39.2 Å². The van der Waals surface area contributed by atoms with Gasteiger partial charge in [-0.25, -0.2) is 5.43 Å². The first-order valence-corrected chi connectivity index (χ1v) is 12.0. The summed E-state index contributed by atoms with van der Waals surface area (Å²) in [6.45, 7) is 3.81. The van der Waals surface area contributed by atoms with Crippen molar-refractivity contribution in [3.63, 3.8) is 0 Å². The Morgan fingerprint density at radius 1 is 1.06 bits per heavy atom. The van der Waals surface area contributed by atoms with Crippen LogP contribution in [0, 0.1) is 17.0 Å². The number of hydrogen-bond donors (Lipinski definition) is 1. The number of rotatable bonds is 10. The van der Waals surface area contributed by atoms with Crippen molar-refractivity contribution in [1.82, 2.24) is 5.43 Å². The zero-order valence-electron chi connectivity index (χ0n) is 19.6. The van der Waals surface area contributed by atoms with Gasteiger partial charge in [-0.1, -0.05) is 6.07 Å². The molecule has 0 radical (unpaired) electrons. The Morgan fingerprint density at radius 2 is 1.78 bits per heavy atom. The van der Waals surface area contributed by atoms with E-state index in [9.17, 15) is 23.3 Å². The summed E-state index contributed by atoms with van der Waals surface area (Å²) in [6, 6.07) is 13.8. The summed E-state index contributed by atoms with van der Waals surface area (Å²) in [4.78, 5) is 22.4. The third-order valence-electron chi connectivity index (χ3n) is 4.78. The van der Waals surface area contributed by atoms with E-state index >= 15 is 0 Å². The predicted molar refractivity (Wildman–Crippen MR) is 131 cm³/mol. The van der Waals surface area contributed by atoms with Gasteiger partial charge < -0.3 is 13.7 Å². The number of aryl methyl sites for hydroxylation is 1. The third-order valence-corrected chi connectivity index (χ3v) is 6.03. The summed E-state index contributed by atoms with van der Waals surface area (Å²) >= 11 is 0. The summed E-state index contributed by atoms with van der Waals surface area (Å²) < 4.78 is 41.2. The van der Waals surface area contributed by atoms with E-state index in [2.05, 4.69) is 10.5 Å². The molecule has 0 saturated carbocycles. The van der Waals surface area contributed by atoms with Crippen LogP contribution in [0.2, 0.25) is 0 Å². The van der Waals surface area contributed by atoms with Crippen LogP contribution in [0.5, 0.6) is 17.2 Å². The maximum Gasteiger partial charge on any atom is 0.339 e. The molecule has 11 nitrogen and oxygen atoms in total. The number of amides is 1. The molecule has 3 rings (SSSR count). The highest BCUT2D eigenvalue weighted by Gasteiger charge is 2.21. The van der Waals surface area contributed by atoms with Crippen molar-refractivity contribution in [2.24, 2.45) is 5.10 Å². The average molecular weight is 514 g/mol. The number of nitro benzene ring substituents is 1. The van der Waals surface area contributed by atoms with Gasteiger partial charge in [-0.15, -0.1) is 0 Å². The van der Waals surface area contributed by atoms with E-state index in [0.29, 0.717) is 16.9 Å². The summed E-state index contributed by atoms with van der Waals surface area (Å²) in [5, 5.41) is 14.7. The summed E-state index contributed by atoms with van der Waals surface area (Å²) in [5.74, 6) is -0.0152. The zero-order chi connectivity index (χ0) is 26.3. The normalized spacial score (nSPS) is 11.2. The number of ether oxygens (including phenoxy) is 2. The van der Waals surface area contributed by atoms with Crippen molar-refractivity contribution in [2.75, 3.05) is 13.7 Å². The number of methoxy groups -OCH3 is 1. The number of hydrazone groups is 1. The Balaban J connectivity index is 1.77. The second-order valence-electron chi connectivity index (χ2n) is 7.33. The van der Waals surface area contributed by atoms with Crippen LogP contribution in [0.1, 0.15) is 28.4 Å². The van der Waals surface area contributed by atoms with E-state index in [4.69, 9.17) is 13.7 Å². The standard InChI is InChI=1S/C24H23N3O8S/c1-4-34-23-14-17(15-25-26-24(28)20-11-5-16(2)13-22(20)33-3)6-12-21(23)35-36(31,32)19-9-7-18(8-10-19)27(29)30/h5-15H,4H2,1-3H3,(H,26,28)/b25-15-. The van der Waals surface area contributed by atoms with Gasteiger partial charge in [-0.3, -0.25) is 14.9 Å². The SMILES string of the molecule is CCOc1cc(/C=N\NC(=O)c2ccc(C)cc2OC)ccc1OS(=O)(=O)c1ccc([N+](=O)[O-])cc1. The highest BCUT2D eigenvalue weighted by atomic mass is 32.2. The summed E-state index contributed by atoms with van der Waals surface area (Å²) in [7, 11) is -2.82. The molecule has 0 atom stereocenters. The van der Waals surface area contributed by atoms with Crippen LogP contribution in [-0.2, 0) is 10.1 Å². The number of hydrogen-bond acceptors (Lipinski definition) is 9. The van der Waals surface area contributed by atoms with Gasteiger partial charge in [-0.2, -0.15) is 13.5 Å². The Kier molecular flexibility index (Phi) is 8.22. The van der Waals surface area contributed by atoms with Crippen molar-refractivity contribution in [1.29, 1.82) is 0 Å². The van der Waals surface area contributed by atoms with Gasteiger partial charge in [0.05, 0.1) is 30.4 Å². The number of benzene rings is 3. The minimum absolute atomic E-state index is 0.0826. The van der Waals surface area contributed by atoms with E-state index in [0.717, 1.165) is 29.8 Å². The minimum Gasteiger partial charge on any atom is -0.496 e. The lowest BCUT2D eigenvalue weighted by Crippen LogP contribution is -2.18. The van der Waals surface area contributed by atoms with Crippen LogP contribution in [0.3, 0.4) is 0 Å². The Bertz CT molecular complexity index is 1400. The molecule has 12 heteroatoms. The maximum atomic E-state index is 12.6. The van der Waals surface area contributed by atoms with Crippen LogP contribution in [0.25, 0.3) is 0 Å².